The number of ether oxygens (including phenoxy) is 6. The molecule has 18 nitrogen and oxygen atoms in total. The number of carbonyl (C=O) groups is 1. The van der Waals surface area contributed by atoms with Gasteiger partial charge in [-0.05, 0) is 69.6 Å². The summed E-state index contributed by atoms with van der Waals surface area (Å²) < 4.78 is 35.9. The lowest BCUT2D eigenvalue weighted by Gasteiger charge is -2.52. The number of carbonyl (C=O) groups excluding carboxylic acids is 1. The van der Waals surface area contributed by atoms with Crippen molar-refractivity contribution in [3.05, 3.63) is 12.2 Å². The summed E-state index contributed by atoms with van der Waals surface area (Å²) in [7, 11) is 0. The van der Waals surface area contributed by atoms with Crippen molar-refractivity contribution in [1.82, 2.24) is 0 Å². The molecule has 6 fully saturated rings. The molecule has 0 bridgehead atoms. The SMILES string of the molecule is O=C(C=CC1CCC(O)CC1)OCC1OC(OC2CC(O)CC3OC(C4CCC(O)C(O)C4)C(OC4OC(CO)C(O)C(O)C4O)CC23)C(O)C(O)C1O. The number of aliphatic hydroxyl groups is 11. The molecule has 11 N–H and O–H groups in total. The molecule has 0 radical (unpaired) electrons. The van der Waals surface area contributed by atoms with Gasteiger partial charge in [-0.15, -0.1) is 0 Å². The van der Waals surface area contributed by atoms with Crippen molar-refractivity contribution >= 4 is 5.97 Å². The molecule has 3 saturated carbocycles. The quantitative estimate of drug-likeness (QED) is 0.0756. The van der Waals surface area contributed by atoms with E-state index in [0.717, 1.165) is 12.8 Å². The zero-order valence-electron chi connectivity index (χ0n) is 30.0. The molecule has 0 spiro atoms. The number of allylic oxidation sites excluding steroid dienone is 1. The molecule has 54 heavy (non-hydrogen) atoms. The molecule has 3 aliphatic heterocycles. The third-order valence-corrected chi connectivity index (χ3v) is 12.2. The summed E-state index contributed by atoms with van der Waals surface area (Å²) in [4.78, 5) is 12.5. The molecule has 18 heteroatoms. The third kappa shape index (κ3) is 9.63. The second kappa shape index (κ2) is 18.4. The minimum Gasteiger partial charge on any atom is -0.460 e. The Bertz CT molecular complexity index is 1230. The molecule has 0 aromatic heterocycles. The molecule has 6 aliphatic rings. The third-order valence-electron chi connectivity index (χ3n) is 12.2. The number of aliphatic hydroxyl groups excluding tert-OH is 11. The van der Waals surface area contributed by atoms with E-state index in [2.05, 4.69) is 0 Å². The smallest absolute Gasteiger partial charge is 0.330 e. The maximum Gasteiger partial charge on any atom is 0.330 e. The molecule has 3 heterocycles. The van der Waals surface area contributed by atoms with Crippen molar-refractivity contribution in [3.63, 3.8) is 0 Å². The van der Waals surface area contributed by atoms with Gasteiger partial charge < -0.3 is 84.6 Å². The first-order valence-electron chi connectivity index (χ1n) is 19.3. The van der Waals surface area contributed by atoms with E-state index < -0.39 is 129 Å². The predicted octanol–water partition coefficient (Wildman–Crippen LogP) is -3.53. The second-order valence-corrected chi connectivity index (χ2v) is 16.0. The number of fused-ring (bicyclic) bond motifs is 1. The average molecular weight is 779 g/mol. The fraction of sp³-hybridized carbons (Fsp3) is 0.917. The average Bonchev–Trinajstić information content (AvgIpc) is 3.15. The van der Waals surface area contributed by atoms with E-state index in [-0.39, 0.29) is 50.0 Å². The van der Waals surface area contributed by atoms with E-state index in [0.29, 0.717) is 19.3 Å². The van der Waals surface area contributed by atoms with E-state index in [1.54, 1.807) is 6.08 Å². The molecule has 310 valence electrons. The van der Waals surface area contributed by atoms with E-state index in [9.17, 15) is 61.0 Å². The molecule has 3 saturated heterocycles. The maximum absolute atomic E-state index is 12.5. The minimum absolute atomic E-state index is 0.0458. The van der Waals surface area contributed by atoms with Crippen LogP contribution in [0.1, 0.15) is 64.2 Å². The highest BCUT2D eigenvalue weighted by Gasteiger charge is 2.54. The zero-order chi connectivity index (χ0) is 38.8. The van der Waals surface area contributed by atoms with Crippen molar-refractivity contribution in [2.24, 2.45) is 17.8 Å². The summed E-state index contributed by atoms with van der Waals surface area (Å²) in [6.07, 6.45) is -15.1. The Labute approximate surface area is 312 Å². The molecule has 3 aliphatic carbocycles. The van der Waals surface area contributed by atoms with Crippen LogP contribution in [0.25, 0.3) is 0 Å². The largest absolute Gasteiger partial charge is 0.460 e. The maximum atomic E-state index is 12.5. The van der Waals surface area contributed by atoms with Crippen molar-refractivity contribution in [2.75, 3.05) is 13.2 Å². The lowest BCUT2D eigenvalue weighted by Crippen LogP contribution is -2.63. The van der Waals surface area contributed by atoms with Gasteiger partial charge >= 0.3 is 5.97 Å². The Kier molecular flexibility index (Phi) is 14.4. The monoisotopic (exact) mass is 778 g/mol. The number of rotatable bonds is 10. The van der Waals surface area contributed by atoms with Gasteiger partial charge in [0.25, 0.3) is 0 Å². The molecule has 19 unspecified atom stereocenters. The van der Waals surface area contributed by atoms with Gasteiger partial charge in [0.1, 0.15) is 55.4 Å². The van der Waals surface area contributed by atoms with Crippen molar-refractivity contribution in [3.8, 4) is 0 Å². The van der Waals surface area contributed by atoms with E-state index in [1.165, 1.54) is 6.08 Å². The molecule has 0 aromatic carbocycles. The molecular weight excluding hydrogens is 720 g/mol. The molecule has 19 atom stereocenters. The number of hydrogen-bond donors (Lipinski definition) is 11. The Morgan fingerprint density at radius 1 is 0.611 bits per heavy atom. The molecule has 0 amide bonds. The van der Waals surface area contributed by atoms with Gasteiger partial charge in [0.2, 0.25) is 0 Å². The predicted molar refractivity (Wildman–Crippen MR) is 180 cm³/mol. The van der Waals surface area contributed by atoms with Gasteiger partial charge in [-0.25, -0.2) is 4.79 Å². The van der Waals surface area contributed by atoms with Gasteiger partial charge in [0, 0.05) is 18.4 Å². The lowest BCUT2D eigenvalue weighted by atomic mass is 9.72. The van der Waals surface area contributed by atoms with Crippen molar-refractivity contribution < 1.29 is 89.4 Å². The summed E-state index contributed by atoms with van der Waals surface area (Å²) in [5, 5.41) is 115. The first-order chi connectivity index (χ1) is 25.7. The number of hydrogen-bond acceptors (Lipinski definition) is 18. The Morgan fingerprint density at radius 2 is 1.24 bits per heavy atom. The van der Waals surface area contributed by atoms with Crippen LogP contribution in [-0.4, -0.2) is 186 Å². The van der Waals surface area contributed by atoms with Gasteiger partial charge in [-0.1, -0.05) is 6.08 Å². The molecule has 0 aromatic rings. The van der Waals surface area contributed by atoms with Crippen LogP contribution in [0.2, 0.25) is 0 Å². The van der Waals surface area contributed by atoms with Crippen LogP contribution >= 0.6 is 0 Å². The summed E-state index contributed by atoms with van der Waals surface area (Å²) >= 11 is 0. The van der Waals surface area contributed by atoms with Crippen LogP contribution < -0.4 is 0 Å². The zero-order valence-corrected chi connectivity index (χ0v) is 30.0. The molecule has 6 rings (SSSR count). The Hall–Kier alpha value is -1.43. The summed E-state index contributed by atoms with van der Waals surface area (Å²) in [5.74, 6) is -1.48. The fourth-order valence-electron chi connectivity index (χ4n) is 8.95. The summed E-state index contributed by atoms with van der Waals surface area (Å²) in [6, 6.07) is 0. The first kappa shape index (κ1) is 42.2. The van der Waals surface area contributed by atoms with E-state index >= 15 is 0 Å². The van der Waals surface area contributed by atoms with Crippen LogP contribution in [0.3, 0.4) is 0 Å². The molecular formula is C36H58O18. The highest BCUT2D eigenvalue weighted by atomic mass is 16.7. The minimum atomic E-state index is -1.75. The van der Waals surface area contributed by atoms with Gasteiger partial charge in [-0.2, -0.15) is 0 Å². The van der Waals surface area contributed by atoms with Crippen LogP contribution in [0.4, 0.5) is 0 Å². The van der Waals surface area contributed by atoms with E-state index in [4.69, 9.17) is 28.4 Å². The topological polar surface area (TPSA) is 295 Å². The van der Waals surface area contributed by atoms with Gasteiger partial charge in [-0.3, -0.25) is 0 Å². The van der Waals surface area contributed by atoms with Gasteiger partial charge in [0.15, 0.2) is 12.6 Å². The Morgan fingerprint density at radius 3 is 1.89 bits per heavy atom. The van der Waals surface area contributed by atoms with E-state index in [1.807, 2.05) is 0 Å². The normalized spacial score (nSPS) is 50.4. The van der Waals surface area contributed by atoms with Crippen LogP contribution in [0.5, 0.6) is 0 Å². The fourth-order valence-corrected chi connectivity index (χ4v) is 8.95. The first-order valence-corrected chi connectivity index (χ1v) is 19.3. The van der Waals surface area contributed by atoms with Crippen LogP contribution in [0, 0.1) is 17.8 Å². The van der Waals surface area contributed by atoms with Crippen LogP contribution in [-0.2, 0) is 33.2 Å². The lowest BCUT2D eigenvalue weighted by molar-refractivity contribution is -0.344. The summed E-state index contributed by atoms with van der Waals surface area (Å²) in [6.45, 7) is -1.15. The van der Waals surface area contributed by atoms with Crippen LogP contribution in [0.15, 0.2) is 12.2 Å². The highest BCUT2D eigenvalue weighted by Crippen LogP contribution is 2.45. The van der Waals surface area contributed by atoms with Crippen molar-refractivity contribution in [1.29, 1.82) is 0 Å². The Balaban J connectivity index is 1.15. The standard InChI is InChI=1S/C36H58O18/c37-13-25-28(43)30(45)32(47)36(53-25)52-24-12-19-22(50-34(24)16-4-7-20(40)21(41)9-16)10-18(39)11-23(19)51-35-33(48)31(46)29(44)26(54-35)14-49-27(42)8-3-15-1-5-17(38)6-2-15/h3,8,15-26,28-41,43-48H,1-2,4-7,9-14H2. The highest BCUT2D eigenvalue weighted by molar-refractivity contribution is 5.81. The second-order valence-electron chi connectivity index (χ2n) is 16.0. The van der Waals surface area contributed by atoms with Crippen molar-refractivity contribution in [2.45, 2.75) is 174 Å². The van der Waals surface area contributed by atoms with Gasteiger partial charge in [0.05, 0.1) is 55.4 Å². The number of esters is 1. The summed E-state index contributed by atoms with van der Waals surface area (Å²) in [5.41, 5.74) is 0.